The van der Waals surface area contributed by atoms with Crippen LogP contribution in [0.5, 0.6) is 5.75 Å². The van der Waals surface area contributed by atoms with Gasteiger partial charge in [0.15, 0.2) is 0 Å². The van der Waals surface area contributed by atoms with Crippen molar-refractivity contribution in [3.8, 4) is 5.75 Å². The molecule has 0 aromatic heterocycles. The fraction of sp³-hybridized carbons (Fsp3) is 0.684. The molecular weight excluding hydrogens is 536 g/mol. The van der Waals surface area contributed by atoms with E-state index in [2.05, 4.69) is 59.9 Å². The van der Waals surface area contributed by atoms with Crippen LogP contribution in [0.1, 0.15) is 110 Å². The molecular formula is C38H54O5. The molecule has 3 aliphatic carbocycles. The number of cyclic esters (lactones) is 1. The second-order valence-corrected chi connectivity index (χ2v) is 14.9. The lowest BCUT2D eigenvalue weighted by atomic mass is 9.40. The summed E-state index contributed by atoms with van der Waals surface area (Å²) in [6.45, 7) is 20.0. The molecule has 5 heteroatoms. The van der Waals surface area contributed by atoms with Crippen molar-refractivity contribution in [3.05, 3.63) is 54.6 Å². The zero-order valence-corrected chi connectivity index (χ0v) is 27.5. The minimum atomic E-state index is -0.586. The summed E-state index contributed by atoms with van der Waals surface area (Å²) in [4.78, 5) is 28.1. The van der Waals surface area contributed by atoms with Crippen molar-refractivity contribution < 1.29 is 23.8 Å². The fourth-order valence-electron chi connectivity index (χ4n) is 9.91. The van der Waals surface area contributed by atoms with Crippen LogP contribution in [0.4, 0.5) is 0 Å². The molecule has 5 rings (SSSR count). The van der Waals surface area contributed by atoms with Crippen molar-refractivity contribution in [1.29, 1.82) is 0 Å². The molecule has 0 bridgehead atoms. The molecule has 0 amide bonds. The Bertz CT molecular complexity index is 1220. The maximum atomic E-state index is 14.1. The number of hydrogen-bond acceptors (Lipinski definition) is 5. The van der Waals surface area contributed by atoms with Crippen molar-refractivity contribution in [2.24, 2.45) is 39.9 Å². The summed E-state index contributed by atoms with van der Waals surface area (Å²) in [5.74, 6) is -0.201. The van der Waals surface area contributed by atoms with Gasteiger partial charge < -0.3 is 14.2 Å². The molecule has 0 unspecified atom stereocenters. The standard InChI is InChI=1S/C38H54O5/c1-9-11-12-15-27(10-2)42-34(39)31-32(26-17-19-28(41-8)20-18-26)37(6)23-30(43-35(40)33(31)37)38(7)25(4)21-22-36(5)24(3)14-13-16-29(36)38/h10,17-20,25,27,29-33H,2-3,9,11-16,21-23H2,1,4-8H3/t25-,27+,29+,30+,31+,32+,33-,36+,37-,38+/m1/s1. The van der Waals surface area contributed by atoms with Gasteiger partial charge in [-0.2, -0.15) is 0 Å². The molecule has 3 saturated carbocycles. The van der Waals surface area contributed by atoms with E-state index in [0.29, 0.717) is 11.8 Å². The monoisotopic (exact) mass is 590 g/mol. The summed E-state index contributed by atoms with van der Waals surface area (Å²) in [5.41, 5.74) is 1.90. The molecule has 0 spiro atoms. The molecule has 1 aromatic rings. The second kappa shape index (κ2) is 12.1. The number of benzene rings is 1. The number of rotatable bonds is 10. The number of unbranched alkanes of at least 4 members (excludes halogenated alkanes) is 2. The van der Waals surface area contributed by atoms with Crippen molar-refractivity contribution in [2.45, 2.75) is 117 Å². The van der Waals surface area contributed by atoms with E-state index >= 15 is 0 Å². The van der Waals surface area contributed by atoms with Crippen LogP contribution < -0.4 is 4.74 Å². The Morgan fingerprint density at radius 3 is 2.51 bits per heavy atom. The zero-order valence-electron chi connectivity index (χ0n) is 27.5. The summed E-state index contributed by atoms with van der Waals surface area (Å²) >= 11 is 0. The van der Waals surface area contributed by atoms with E-state index in [1.54, 1.807) is 13.2 Å². The Kier molecular flexibility index (Phi) is 8.95. The van der Waals surface area contributed by atoms with Crippen LogP contribution in [0.2, 0.25) is 0 Å². The summed E-state index contributed by atoms with van der Waals surface area (Å²) in [7, 11) is 1.66. The first kappa shape index (κ1) is 31.9. The fourth-order valence-corrected chi connectivity index (χ4v) is 9.91. The first-order valence-corrected chi connectivity index (χ1v) is 16.8. The van der Waals surface area contributed by atoms with E-state index in [-0.39, 0.29) is 40.9 Å². The van der Waals surface area contributed by atoms with Gasteiger partial charge in [0, 0.05) is 11.3 Å². The van der Waals surface area contributed by atoms with Crippen LogP contribution in [0.15, 0.2) is 49.1 Å². The zero-order chi connectivity index (χ0) is 31.2. The highest BCUT2D eigenvalue weighted by Gasteiger charge is 2.71. The molecule has 10 atom stereocenters. The van der Waals surface area contributed by atoms with Gasteiger partial charge >= 0.3 is 11.9 Å². The van der Waals surface area contributed by atoms with Gasteiger partial charge in [-0.1, -0.05) is 84.4 Å². The Labute approximate surface area is 259 Å². The van der Waals surface area contributed by atoms with Crippen LogP contribution >= 0.6 is 0 Å². The minimum absolute atomic E-state index is 0.0719. The normalized spacial score (nSPS) is 39.4. The molecule has 0 radical (unpaired) electrons. The molecule has 1 heterocycles. The molecule has 1 aromatic carbocycles. The number of hydrogen-bond donors (Lipinski definition) is 0. The number of esters is 2. The molecule has 236 valence electrons. The van der Waals surface area contributed by atoms with Crippen molar-refractivity contribution >= 4 is 11.9 Å². The molecule has 0 N–H and O–H groups in total. The molecule has 1 aliphatic heterocycles. The molecule has 43 heavy (non-hydrogen) atoms. The Hall–Kier alpha value is -2.56. The summed E-state index contributed by atoms with van der Waals surface area (Å²) < 4.78 is 18.0. The molecule has 4 fully saturated rings. The first-order chi connectivity index (χ1) is 20.4. The van der Waals surface area contributed by atoms with Crippen LogP contribution in [0.3, 0.4) is 0 Å². The van der Waals surface area contributed by atoms with Crippen molar-refractivity contribution in [1.82, 2.24) is 0 Å². The predicted molar refractivity (Wildman–Crippen MR) is 171 cm³/mol. The number of ether oxygens (including phenoxy) is 3. The average molecular weight is 591 g/mol. The predicted octanol–water partition coefficient (Wildman–Crippen LogP) is 8.82. The number of carbonyl (C=O) groups excluding carboxylic acids is 2. The van der Waals surface area contributed by atoms with Crippen LogP contribution in [0, 0.1) is 39.9 Å². The molecule has 5 nitrogen and oxygen atoms in total. The average Bonchev–Trinajstić information content (AvgIpc) is 2.98. The van der Waals surface area contributed by atoms with Crippen molar-refractivity contribution in [3.63, 3.8) is 0 Å². The highest BCUT2D eigenvalue weighted by molar-refractivity contribution is 5.87. The summed E-state index contributed by atoms with van der Waals surface area (Å²) in [6, 6.07) is 8.01. The van der Waals surface area contributed by atoms with Gasteiger partial charge in [-0.3, -0.25) is 9.59 Å². The topological polar surface area (TPSA) is 61.8 Å². The number of methoxy groups -OCH3 is 1. The third-order valence-electron chi connectivity index (χ3n) is 12.8. The van der Waals surface area contributed by atoms with Crippen LogP contribution in [0.25, 0.3) is 0 Å². The van der Waals surface area contributed by atoms with Crippen LogP contribution in [-0.2, 0) is 19.1 Å². The number of fused-ring (bicyclic) bond motifs is 2. The second-order valence-electron chi connectivity index (χ2n) is 14.9. The van der Waals surface area contributed by atoms with E-state index in [0.717, 1.165) is 75.5 Å². The van der Waals surface area contributed by atoms with Gasteiger partial charge in [-0.25, -0.2) is 0 Å². The van der Waals surface area contributed by atoms with E-state index in [1.165, 1.54) is 5.57 Å². The lowest BCUT2D eigenvalue weighted by molar-refractivity contribution is -0.238. The Balaban J connectivity index is 1.48. The van der Waals surface area contributed by atoms with Gasteiger partial charge in [-0.15, -0.1) is 0 Å². The van der Waals surface area contributed by atoms with Crippen molar-refractivity contribution in [2.75, 3.05) is 7.11 Å². The van der Waals surface area contributed by atoms with E-state index < -0.39 is 17.3 Å². The van der Waals surface area contributed by atoms with Gasteiger partial charge in [0.1, 0.15) is 18.0 Å². The SMILES string of the molecule is C=C[C@@H](CCCCC)OC(=O)[C@@H]1[C@@H]2C(=O)O[C@H]([C@@]3(C)[C@H](C)CC[C@@]4(C)C(=C)CCC[C@H]34)C[C@]2(C)[C@H]1c1ccc(OC)cc1. The van der Waals surface area contributed by atoms with Gasteiger partial charge in [0.05, 0.1) is 18.9 Å². The molecule has 4 aliphatic rings. The highest BCUT2D eigenvalue weighted by Crippen LogP contribution is 2.70. The van der Waals surface area contributed by atoms with E-state index in [4.69, 9.17) is 14.2 Å². The third-order valence-corrected chi connectivity index (χ3v) is 12.8. The van der Waals surface area contributed by atoms with E-state index in [1.807, 2.05) is 12.1 Å². The Morgan fingerprint density at radius 2 is 1.86 bits per heavy atom. The van der Waals surface area contributed by atoms with Gasteiger partial charge in [0.25, 0.3) is 0 Å². The smallest absolute Gasteiger partial charge is 0.311 e. The quantitative estimate of drug-likeness (QED) is 0.155. The summed E-state index contributed by atoms with van der Waals surface area (Å²) in [5, 5.41) is 0. The lowest BCUT2D eigenvalue weighted by Crippen LogP contribution is -2.67. The Morgan fingerprint density at radius 1 is 1.14 bits per heavy atom. The maximum Gasteiger partial charge on any atom is 0.311 e. The number of carbonyl (C=O) groups is 2. The highest BCUT2D eigenvalue weighted by atomic mass is 16.6. The summed E-state index contributed by atoms with van der Waals surface area (Å²) in [6.07, 6.45) is 11.4. The van der Waals surface area contributed by atoms with Gasteiger partial charge in [0.2, 0.25) is 0 Å². The minimum Gasteiger partial charge on any atom is -0.497 e. The third kappa shape index (κ3) is 5.17. The van der Waals surface area contributed by atoms with Gasteiger partial charge in [-0.05, 0) is 91.7 Å². The first-order valence-electron chi connectivity index (χ1n) is 16.8. The number of allylic oxidation sites excluding steroid dienone is 1. The molecule has 1 saturated heterocycles. The largest absolute Gasteiger partial charge is 0.497 e. The maximum absolute atomic E-state index is 14.1. The van der Waals surface area contributed by atoms with E-state index in [9.17, 15) is 9.59 Å². The van der Waals surface area contributed by atoms with Crippen LogP contribution in [-0.4, -0.2) is 31.3 Å². The lowest BCUT2D eigenvalue weighted by Gasteiger charge is -2.66.